The summed E-state index contributed by atoms with van der Waals surface area (Å²) in [6.45, 7) is -0.473. The summed E-state index contributed by atoms with van der Waals surface area (Å²) in [7, 11) is 0. The minimum atomic E-state index is -0.535. The molecule has 8 heteroatoms. The number of hydrogen-bond acceptors (Lipinski definition) is 4. The van der Waals surface area contributed by atoms with Crippen molar-refractivity contribution < 1.29 is 19.1 Å². The smallest absolute Gasteiger partial charge is 0.276 e. The van der Waals surface area contributed by atoms with Crippen LogP contribution in [0.4, 0.5) is 0 Å². The van der Waals surface area contributed by atoms with Gasteiger partial charge in [0.25, 0.3) is 11.8 Å². The lowest BCUT2D eigenvalue weighted by molar-refractivity contribution is -0.131. The van der Waals surface area contributed by atoms with Crippen LogP contribution >= 0.6 is 11.6 Å². The second-order valence-electron chi connectivity index (χ2n) is 5.87. The molecular formula is C17H22ClN3O4. The number of ether oxygens (including phenoxy) is 1. The lowest BCUT2D eigenvalue weighted by Crippen LogP contribution is -2.48. The van der Waals surface area contributed by atoms with E-state index in [1.807, 2.05) is 0 Å². The molecule has 0 heterocycles. The maximum atomic E-state index is 11.9. The molecule has 7 nitrogen and oxygen atoms in total. The Morgan fingerprint density at radius 1 is 1.04 bits per heavy atom. The first-order valence-electron chi connectivity index (χ1n) is 8.29. The number of amides is 3. The Balaban J connectivity index is 1.61. The van der Waals surface area contributed by atoms with Crippen molar-refractivity contribution in [1.29, 1.82) is 0 Å². The van der Waals surface area contributed by atoms with Crippen LogP contribution in [0, 0.1) is 5.92 Å². The fraction of sp³-hybridized carbons (Fsp3) is 0.471. The number of benzene rings is 1. The quantitative estimate of drug-likeness (QED) is 0.665. The molecule has 2 rings (SSSR count). The predicted octanol–water partition coefficient (Wildman–Crippen LogP) is 1.56. The van der Waals surface area contributed by atoms with Gasteiger partial charge in [0.2, 0.25) is 5.91 Å². The van der Waals surface area contributed by atoms with Crippen LogP contribution in [0.25, 0.3) is 0 Å². The minimum absolute atomic E-state index is 0.0137. The largest absolute Gasteiger partial charge is 0.482 e. The number of nitrogens with one attached hydrogen (secondary N) is 3. The predicted molar refractivity (Wildman–Crippen MR) is 92.8 cm³/mol. The summed E-state index contributed by atoms with van der Waals surface area (Å²) >= 11 is 5.90. The van der Waals surface area contributed by atoms with E-state index >= 15 is 0 Å². The average molecular weight is 368 g/mol. The topological polar surface area (TPSA) is 96.5 Å². The van der Waals surface area contributed by atoms with E-state index in [0.717, 1.165) is 32.1 Å². The van der Waals surface area contributed by atoms with Gasteiger partial charge in [-0.15, -0.1) is 0 Å². The molecular weight excluding hydrogens is 346 g/mol. The number of halogens is 1. The van der Waals surface area contributed by atoms with E-state index in [4.69, 9.17) is 16.3 Å². The van der Waals surface area contributed by atoms with E-state index in [0.29, 0.717) is 10.8 Å². The van der Waals surface area contributed by atoms with Crippen molar-refractivity contribution in [2.24, 2.45) is 5.92 Å². The number of carbonyl (C=O) groups excluding carboxylic acids is 3. The zero-order valence-corrected chi connectivity index (χ0v) is 14.6. The molecule has 0 bridgehead atoms. The fourth-order valence-corrected chi connectivity index (χ4v) is 2.79. The van der Waals surface area contributed by atoms with Crippen molar-refractivity contribution in [2.75, 3.05) is 13.2 Å². The molecule has 0 unspecified atom stereocenters. The van der Waals surface area contributed by atoms with E-state index < -0.39 is 11.8 Å². The van der Waals surface area contributed by atoms with Gasteiger partial charge < -0.3 is 10.1 Å². The van der Waals surface area contributed by atoms with E-state index in [1.54, 1.807) is 24.3 Å². The van der Waals surface area contributed by atoms with Crippen molar-refractivity contribution in [3.05, 3.63) is 29.3 Å². The van der Waals surface area contributed by atoms with Crippen molar-refractivity contribution in [1.82, 2.24) is 16.2 Å². The van der Waals surface area contributed by atoms with E-state index in [9.17, 15) is 14.4 Å². The standard InChI is InChI=1S/C17H22ClN3O4/c18-13-8-4-5-9-14(13)25-11-16(23)21-20-15(22)10-19-17(24)12-6-2-1-3-7-12/h4-5,8-9,12H,1-3,6-7,10-11H2,(H,19,24)(H,20,22)(H,21,23). The first-order valence-corrected chi connectivity index (χ1v) is 8.67. The third-order valence-electron chi connectivity index (χ3n) is 3.94. The lowest BCUT2D eigenvalue weighted by Gasteiger charge is -2.20. The first kappa shape index (κ1) is 19.1. The van der Waals surface area contributed by atoms with Gasteiger partial charge in [0, 0.05) is 5.92 Å². The van der Waals surface area contributed by atoms with Crippen LogP contribution < -0.4 is 20.9 Å². The third-order valence-corrected chi connectivity index (χ3v) is 4.25. The lowest BCUT2D eigenvalue weighted by atomic mass is 9.89. The summed E-state index contributed by atoms with van der Waals surface area (Å²) in [5.41, 5.74) is 4.44. The molecule has 0 saturated heterocycles. The zero-order chi connectivity index (χ0) is 18.1. The maximum Gasteiger partial charge on any atom is 0.276 e. The SMILES string of the molecule is O=C(CNC(=O)C1CCCCC1)NNC(=O)COc1ccccc1Cl. The van der Waals surface area contributed by atoms with E-state index in [2.05, 4.69) is 16.2 Å². The summed E-state index contributed by atoms with van der Waals surface area (Å²) in [5.74, 6) is -0.782. The monoisotopic (exact) mass is 367 g/mol. The summed E-state index contributed by atoms with van der Waals surface area (Å²) in [6, 6.07) is 6.76. The van der Waals surface area contributed by atoms with Crippen LogP contribution in [0.1, 0.15) is 32.1 Å². The molecule has 1 aromatic carbocycles. The highest BCUT2D eigenvalue weighted by Gasteiger charge is 2.21. The van der Waals surface area contributed by atoms with Gasteiger partial charge in [-0.25, -0.2) is 0 Å². The van der Waals surface area contributed by atoms with Gasteiger partial charge in [0.05, 0.1) is 11.6 Å². The second kappa shape index (κ2) is 9.88. The van der Waals surface area contributed by atoms with Gasteiger partial charge in [0.15, 0.2) is 6.61 Å². The Bertz CT molecular complexity index is 618. The Morgan fingerprint density at radius 2 is 1.72 bits per heavy atom. The Morgan fingerprint density at radius 3 is 2.44 bits per heavy atom. The van der Waals surface area contributed by atoms with Gasteiger partial charge in [-0.1, -0.05) is 43.0 Å². The molecule has 0 atom stereocenters. The summed E-state index contributed by atoms with van der Waals surface area (Å²) in [5, 5.41) is 2.98. The maximum absolute atomic E-state index is 11.9. The normalized spacial score (nSPS) is 14.4. The number of hydrazine groups is 1. The zero-order valence-electron chi connectivity index (χ0n) is 13.8. The molecule has 3 amide bonds. The number of carbonyl (C=O) groups is 3. The van der Waals surface area contributed by atoms with Crippen molar-refractivity contribution in [3.63, 3.8) is 0 Å². The number of hydrogen-bond donors (Lipinski definition) is 3. The molecule has 1 aromatic rings. The van der Waals surface area contributed by atoms with Crippen LogP contribution in [0.5, 0.6) is 5.75 Å². The Kier molecular flexibility index (Phi) is 7.53. The van der Waals surface area contributed by atoms with Gasteiger partial charge in [0.1, 0.15) is 5.75 Å². The molecule has 0 spiro atoms. The molecule has 0 aliphatic heterocycles. The van der Waals surface area contributed by atoms with Gasteiger partial charge >= 0.3 is 0 Å². The highest BCUT2D eigenvalue weighted by Crippen LogP contribution is 2.23. The molecule has 0 radical (unpaired) electrons. The summed E-state index contributed by atoms with van der Waals surface area (Å²) in [4.78, 5) is 35.2. The van der Waals surface area contributed by atoms with Crippen LogP contribution in [0.15, 0.2) is 24.3 Å². The van der Waals surface area contributed by atoms with Crippen LogP contribution in [-0.4, -0.2) is 30.9 Å². The van der Waals surface area contributed by atoms with Crippen LogP contribution in [0.3, 0.4) is 0 Å². The highest BCUT2D eigenvalue weighted by molar-refractivity contribution is 6.32. The molecule has 1 saturated carbocycles. The highest BCUT2D eigenvalue weighted by atomic mass is 35.5. The molecule has 136 valence electrons. The van der Waals surface area contributed by atoms with Crippen LogP contribution in [-0.2, 0) is 14.4 Å². The number of rotatable bonds is 6. The summed E-state index contributed by atoms with van der Waals surface area (Å²) in [6.07, 6.45) is 4.98. The van der Waals surface area contributed by atoms with Crippen LogP contribution in [0.2, 0.25) is 5.02 Å². The second-order valence-corrected chi connectivity index (χ2v) is 6.28. The fourth-order valence-electron chi connectivity index (χ4n) is 2.60. The Labute approximate surface area is 151 Å². The molecule has 25 heavy (non-hydrogen) atoms. The first-order chi connectivity index (χ1) is 12.1. The van der Waals surface area contributed by atoms with Crippen molar-refractivity contribution in [2.45, 2.75) is 32.1 Å². The minimum Gasteiger partial charge on any atom is -0.482 e. The molecule has 1 fully saturated rings. The molecule has 3 N–H and O–H groups in total. The van der Waals surface area contributed by atoms with Gasteiger partial charge in [-0.2, -0.15) is 0 Å². The Hall–Kier alpha value is -2.28. The molecule has 1 aliphatic rings. The van der Waals surface area contributed by atoms with Gasteiger partial charge in [-0.05, 0) is 25.0 Å². The molecule has 1 aliphatic carbocycles. The van der Waals surface area contributed by atoms with E-state index in [-0.39, 0.29) is 25.0 Å². The number of para-hydroxylation sites is 1. The van der Waals surface area contributed by atoms with Crippen molar-refractivity contribution >= 4 is 29.3 Å². The van der Waals surface area contributed by atoms with Gasteiger partial charge in [-0.3, -0.25) is 25.2 Å². The van der Waals surface area contributed by atoms with Crippen molar-refractivity contribution in [3.8, 4) is 5.75 Å². The van der Waals surface area contributed by atoms with E-state index in [1.165, 1.54) is 0 Å². The third kappa shape index (κ3) is 6.62. The summed E-state index contributed by atoms with van der Waals surface area (Å²) < 4.78 is 5.24. The average Bonchev–Trinajstić information content (AvgIpc) is 2.64. The molecule has 0 aromatic heterocycles.